The van der Waals surface area contributed by atoms with Crippen LogP contribution in [0.2, 0.25) is 0 Å². The van der Waals surface area contributed by atoms with Crippen LogP contribution in [0.25, 0.3) is 11.0 Å². The lowest BCUT2D eigenvalue weighted by atomic mass is 10.1. The van der Waals surface area contributed by atoms with Crippen LogP contribution in [0.15, 0.2) is 48.8 Å². The second kappa shape index (κ2) is 7.26. The van der Waals surface area contributed by atoms with Gasteiger partial charge in [0, 0.05) is 38.1 Å². The van der Waals surface area contributed by atoms with Gasteiger partial charge < -0.3 is 15.0 Å². The molecule has 1 saturated heterocycles. The van der Waals surface area contributed by atoms with Gasteiger partial charge in [-0.2, -0.15) is 0 Å². The third-order valence-electron chi connectivity index (χ3n) is 4.82. The number of fused-ring (bicyclic) bond motifs is 1. The van der Waals surface area contributed by atoms with E-state index in [9.17, 15) is 9.59 Å². The highest BCUT2D eigenvalue weighted by molar-refractivity contribution is 6.05. The minimum Gasteiger partial charge on any atom is -0.481 e. The number of nitrogens with zero attached hydrogens (tertiary/aromatic N) is 3. The average molecular weight is 376 g/mol. The molecule has 0 radical (unpaired) electrons. The summed E-state index contributed by atoms with van der Waals surface area (Å²) in [7, 11) is 1.77. The van der Waals surface area contributed by atoms with Gasteiger partial charge in [0.15, 0.2) is 6.10 Å². The Labute approximate surface area is 162 Å². The largest absolute Gasteiger partial charge is 0.481 e. The first-order valence-corrected chi connectivity index (χ1v) is 9.06. The van der Waals surface area contributed by atoms with Gasteiger partial charge >= 0.3 is 0 Å². The average Bonchev–Trinajstić information content (AvgIpc) is 3.01. The Morgan fingerprint density at radius 3 is 2.82 bits per heavy atom. The molecular formula is C21H20N4O3. The Morgan fingerprint density at radius 2 is 2.07 bits per heavy atom. The zero-order valence-electron chi connectivity index (χ0n) is 15.7. The van der Waals surface area contributed by atoms with Gasteiger partial charge in [-0.15, -0.1) is 0 Å². The van der Waals surface area contributed by atoms with E-state index in [0.717, 1.165) is 11.1 Å². The summed E-state index contributed by atoms with van der Waals surface area (Å²) in [6.45, 7) is 2.58. The molecule has 0 saturated carbocycles. The van der Waals surface area contributed by atoms with E-state index in [2.05, 4.69) is 15.3 Å². The summed E-state index contributed by atoms with van der Waals surface area (Å²) in [6, 6.07) is 10.7. The Morgan fingerprint density at radius 1 is 1.21 bits per heavy atom. The maximum atomic E-state index is 12.6. The van der Waals surface area contributed by atoms with Gasteiger partial charge in [0.25, 0.3) is 11.8 Å². The molecule has 7 heteroatoms. The van der Waals surface area contributed by atoms with Crippen molar-refractivity contribution in [3.8, 4) is 5.75 Å². The third-order valence-corrected chi connectivity index (χ3v) is 4.82. The van der Waals surface area contributed by atoms with Gasteiger partial charge in [-0.3, -0.25) is 19.6 Å². The first-order chi connectivity index (χ1) is 13.5. The molecule has 2 aromatic heterocycles. The molecule has 1 aliphatic rings. The first kappa shape index (κ1) is 17.9. The summed E-state index contributed by atoms with van der Waals surface area (Å²) < 4.78 is 5.81. The number of pyridine rings is 2. The van der Waals surface area contributed by atoms with Crippen LogP contribution in [0.4, 0.5) is 5.69 Å². The highest BCUT2D eigenvalue weighted by atomic mass is 16.5. The van der Waals surface area contributed by atoms with E-state index in [1.54, 1.807) is 42.4 Å². The van der Waals surface area contributed by atoms with E-state index in [-0.39, 0.29) is 11.8 Å². The molecule has 7 nitrogen and oxygen atoms in total. The van der Waals surface area contributed by atoms with Crippen LogP contribution in [0.5, 0.6) is 5.75 Å². The van der Waals surface area contributed by atoms with Crippen molar-refractivity contribution < 1.29 is 14.3 Å². The molecule has 3 aromatic rings. The zero-order valence-corrected chi connectivity index (χ0v) is 15.7. The lowest BCUT2D eigenvalue weighted by Gasteiger charge is -2.15. The van der Waals surface area contributed by atoms with Crippen LogP contribution in [0.1, 0.15) is 22.3 Å². The van der Waals surface area contributed by atoms with Crippen molar-refractivity contribution >= 4 is 28.5 Å². The van der Waals surface area contributed by atoms with Crippen molar-refractivity contribution in [1.29, 1.82) is 0 Å². The lowest BCUT2D eigenvalue weighted by Crippen LogP contribution is -2.29. The van der Waals surface area contributed by atoms with Crippen LogP contribution in [-0.2, 0) is 4.79 Å². The minimum atomic E-state index is -0.444. The number of anilines is 1. The molecule has 4 rings (SSSR count). The second-order valence-corrected chi connectivity index (χ2v) is 6.85. The van der Waals surface area contributed by atoms with E-state index in [4.69, 9.17) is 4.74 Å². The number of nitrogens with one attached hydrogen (secondary N) is 1. The second-order valence-electron chi connectivity index (χ2n) is 6.85. The molecule has 1 fully saturated rings. The van der Waals surface area contributed by atoms with Gasteiger partial charge in [0.2, 0.25) is 0 Å². The summed E-state index contributed by atoms with van der Waals surface area (Å²) in [5, 5.41) is 2.89. The number of amides is 2. The SMILES string of the molecule is Cc1cc(OC2CCN(C)C2=O)ccc1NC(=O)c1cnc2cccnc2c1. The molecule has 0 spiro atoms. The molecule has 1 aliphatic heterocycles. The predicted octanol–water partition coefficient (Wildman–Crippen LogP) is 2.80. The van der Waals surface area contributed by atoms with Crippen molar-refractivity contribution in [2.45, 2.75) is 19.4 Å². The molecule has 1 aromatic carbocycles. The van der Waals surface area contributed by atoms with Gasteiger partial charge in [0.1, 0.15) is 5.75 Å². The molecule has 0 bridgehead atoms. The molecule has 1 N–H and O–H groups in total. The summed E-state index contributed by atoms with van der Waals surface area (Å²) in [6.07, 6.45) is 3.44. The number of likely N-dealkylation sites (tertiary alicyclic amines) is 1. The van der Waals surface area contributed by atoms with Crippen LogP contribution in [0, 0.1) is 6.92 Å². The Hall–Kier alpha value is -3.48. The maximum Gasteiger partial charge on any atom is 0.263 e. The number of aromatic nitrogens is 2. The van der Waals surface area contributed by atoms with Gasteiger partial charge in [-0.25, -0.2) is 0 Å². The Bertz CT molecular complexity index is 1070. The van der Waals surface area contributed by atoms with Crippen LogP contribution in [-0.4, -0.2) is 46.4 Å². The summed E-state index contributed by atoms with van der Waals surface area (Å²) >= 11 is 0. The molecule has 142 valence electrons. The van der Waals surface area contributed by atoms with E-state index in [1.165, 1.54) is 6.20 Å². The summed E-state index contributed by atoms with van der Waals surface area (Å²) in [5.41, 5.74) is 3.36. The fourth-order valence-corrected chi connectivity index (χ4v) is 3.19. The lowest BCUT2D eigenvalue weighted by molar-refractivity contribution is -0.132. The summed E-state index contributed by atoms with van der Waals surface area (Å²) in [4.78, 5) is 34.8. The normalized spacial score (nSPS) is 16.4. The molecule has 1 unspecified atom stereocenters. The third kappa shape index (κ3) is 3.51. The zero-order chi connectivity index (χ0) is 19.7. The molecular weight excluding hydrogens is 356 g/mol. The summed E-state index contributed by atoms with van der Waals surface area (Å²) in [5.74, 6) is 0.345. The van der Waals surface area contributed by atoms with Gasteiger partial charge in [0.05, 0.1) is 16.6 Å². The van der Waals surface area contributed by atoms with Crippen LogP contribution >= 0.6 is 0 Å². The molecule has 1 atom stereocenters. The predicted molar refractivity (Wildman–Crippen MR) is 105 cm³/mol. The minimum absolute atomic E-state index is 0.00699. The fourth-order valence-electron chi connectivity index (χ4n) is 3.19. The van der Waals surface area contributed by atoms with Gasteiger partial charge in [-0.05, 0) is 48.9 Å². The number of likely N-dealkylation sites (N-methyl/N-ethyl adjacent to an activating group) is 1. The molecule has 3 heterocycles. The molecule has 0 aliphatic carbocycles. The maximum absolute atomic E-state index is 12.6. The number of carbonyl (C=O) groups excluding carboxylic acids is 2. The number of aryl methyl sites for hydroxylation is 1. The van der Waals surface area contributed by atoms with Crippen molar-refractivity contribution in [3.05, 3.63) is 59.9 Å². The number of benzene rings is 1. The van der Waals surface area contributed by atoms with E-state index >= 15 is 0 Å². The highest BCUT2D eigenvalue weighted by Crippen LogP contribution is 2.25. The first-order valence-electron chi connectivity index (χ1n) is 9.06. The number of hydrogen-bond donors (Lipinski definition) is 1. The Kier molecular flexibility index (Phi) is 4.65. The smallest absolute Gasteiger partial charge is 0.263 e. The molecule has 2 amide bonds. The number of carbonyl (C=O) groups is 2. The van der Waals surface area contributed by atoms with Crippen molar-refractivity contribution in [2.24, 2.45) is 0 Å². The van der Waals surface area contributed by atoms with Crippen molar-refractivity contribution in [1.82, 2.24) is 14.9 Å². The molecule has 28 heavy (non-hydrogen) atoms. The number of ether oxygens (including phenoxy) is 1. The standard InChI is InChI=1S/C21H20N4O3/c1-13-10-15(28-19-7-9-25(2)21(19)27)5-6-16(13)24-20(26)14-11-18-17(23-12-14)4-3-8-22-18/h3-6,8,10-12,19H,7,9H2,1-2H3,(H,24,26). The quantitative estimate of drug-likeness (QED) is 0.757. The van der Waals surface area contributed by atoms with Crippen molar-refractivity contribution in [3.63, 3.8) is 0 Å². The van der Waals surface area contributed by atoms with Crippen molar-refractivity contribution in [2.75, 3.05) is 18.9 Å². The van der Waals surface area contributed by atoms with Gasteiger partial charge in [-0.1, -0.05) is 0 Å². The fraction of sp³-hybridized carbons (Fsp3) is 0.238. The topological polar surface area (TPSA) is 84.4 Å². The highest BCUT2D eigenvalue weighted by Gasteiger charge is 2.30. The Balaban J connectivity index is 1.48. The van der Waals surface area contributed by atoms with E-state index in [0.29, 0.717) is 35.5 Å². The number of rotatable bonds is 4. The van der Waals surface area contributed by atoms with Crippen LogP contribution in [0.3, 0.4) is 0 Å². The van der Waals surface area contributed by atoms with E-state index in [1.807, 2.05) is 19.1 Å². The number of hydrogen-bond acceptors (Lipinski definition) is 5. The van der Waals surface area contributed by atoms with Crippen LogP contribution < -0.4 is 10.1 Å². The monoisotopic (exact) mass is 376 g/mol. The van der Waals surface area contributed by atoms with E-state index < -0.39 is 6.10 Å².